The number of ether oxygens (including phenoxy) is 2. The Hall–Kier alpha value is -1.18. The molecule has 1 rings (SSSR count). The fraction of sp³-hybridized carbons (Fsp3) is 0.964. The molecule has 2 atom stereocenters. The van der Waals surface area contributed by atoms with Gasteiger partial charge in [0.25, 0.3) is 0 Å². The maximum absolute atomic E-state index is 13.1. The summed E-state index contributed by atoms with van der Waals surface area (Å²) >= 11 is 0. The van der Waals surface area contributed by atoms with Gasteiger partial charge < -0.3 is 19.3 Å². The van der Waals surface area contributed by atoms with Crippen LogP contribution in [0.2, 0.25) is 0 Å². The third-order valence-electron chi connectivity index (χ3n) is 13.9. The molecule has 1 saturated heterocycles. The number of hydrogen-bond acceptors (Lipinski definition) is 7. The molecule has 0 radical (unpaired) electrons. The molecular formula is C55H109N3O4. The first-order valence-corrected chi connectivity index (χ1v) is 27.9. The van der Waals surface area contributed by atoms with Crippen molar-refractivity contribution in [1.29, 1.82) is 0 Å². The highest BCUT2D eigenvalue weighted by Gasteiger charge is 2.18. The molecule has 0 bridgehead atoms. The molecule has 0 aliphatic carbocycles. The molecule has 0 aromatic rings. The van der Waals surface area contributed by atoms with Crippen LogP contribution in [0.25, 0.3) is 0 Å². The first-order valence-electron chi connectivity index (χ1n) is 27.9. The predicted octanol–water partition coefficient (Wildman–Crippen LogP) is 15.0. The van der Waals surface area contributed by atoms with Gasteiger partial charge in [-0.25, -0.2) is 0 Å². The Bertz CT molecular complexity index is 895. The van der Waals surface area contributed by atoms with Crippen molar-refractivity contribution in [3.63, 3.8) is 0 Å². The minimum Gasteiger partial charge on any atom is -0.465 e. The summed E-state index contributed by atoms with van der Waals surface area (Å²) in [5.41, 5.74) is 0. The molecule has 0 saturated carbocycles. The lowest BCUT2D eigenvalue weighted by Crippen LogP contribution is -2.47. The second-order valence-electron chi connectivity index (χ2n) is 19.9. The Labute approximate surface area is 387 Å². The third-order valence-corrected chi connectivity index (χ3v) is 13.9. The standard InChI is InChI=1S/C55H109N3O4/c1-6-10-14-18-22-24-28-32-38-52(36-30-26-20-16-12-8-3)50-61-54(59)40-34-42-57(48-49-58-46-44-56(5)45-47-58)43-35-41-55(60)62-51-53(37-31-27-21-17-13-9-4)39-33-29-25-23-19-15-11-7-2/h52-53H,6-51H2,1-5H3. The number of rotatable bonds is 47. The van der Waals surface area contributed by atoms with Gasteiger partial charge in [0.05, 0.1) is 13.2 Å². The van der Waals surface area contributed by atoms with E-state index < -0.39 is 0 Å². The number of piperazine rings is 1. The summed E-state index contributed by atoms with van der Waals surface area (Å²) in [6, 6.07) is 0. The number of unbranched alkanes of at least 4 members (excludes halogenated alkanes) is 24. The first kappa shape index (κ1) is 58.8. The zero-order valence-electron chi connectivity index (χ0n) is 42.7. The predicted molar refractivity (Wildman–Crippen MR) is 268 cm³/mol. The third kappa shape index (κ3) is 38.1. The smallest absolute Gasteiger partial charge is 0.305 e. The number of likely N-dealkylation sites (N-methyl/N-ethyl adjacent to an activating group) is 1. The Balaban J connectivity index is 2.59. The summed E-state index contributed by atoms with van der Waals surface area (Å²) in [5.74, 6) is 0.944. The highest BCUT2D eigenvalue weighted by Crippen LogP contribution is 2.22. The van der Waals surface area contributed by atoms with E-state index >= 15 is 0 Å². The van der Waals surface area contributed by atoms with Crippen molar-refractivity contribution < 1.29 is 19.1 Å². The molecule has 7 nitrogen and oxygen atoms in total. The quantitative estimate of drug-likeness (QED) is 0.0446. The van der Waals surface area contributed by atoms with Crippen molar-refractivity contribution in [3.8, 4) is 0 Å². The van der Waals surface area contributed by atoms with Crippen LogP contribution in [0, 0.1) is 11.8 Å². The fourth-order valence-corrected chi connectivity index (χ4v) is 9.33. The molecule has 0 spiro atoms. The van der Waals surface area contributed by atoms with Crippen LogP contribution >= 0.6 is 0 Å². The lowest BCUT2D eigenvalue weighted by molar-refractivity contribution is -0.146. The number of carbonyl (C=O) groups excluding carboxylic acids is 2. The Morgan fingerprint density at radius 3 is 1.05 bits per heavy atom. The molecule has 0 aromatic heterocycles. The van der Waals surface area contributed by atoms with E-state index in [0.29, 0.717) is 37.9 Å². The average molecular weight is 876 g/mol. The van der Waals surface area contributed by atoms with Crippen molar-refractivity contribution in [1.82, 2.24) is 14.7 Å². The molecule has 62 heavy (non-hydrogen) atoms. The van der Waals surface area contributed by atoms with Crippen LogP contribution in [0.4, 0.5) is 0 Å². The summed E-state index contributed by atoms with van der Waals surface area (Å²) in [6.45, 7) is 18.6. The van der Waals surface area contributed by atoms with E-state index in [4.69, 9.17) is 9.47 Å². The topological polar surface area (TPSA) is 62.3 Å². The number of nitrogens with zero attached hydrogens (tertiary/aromatic N) is 3. The van der Waals surface area contributed by atoms with E-state index in [1.165, 1.54) is 205 Å². The molecule has 7 heteroatoms. The summed E-state index contributed by atoms with van der Waals surface area (Å²) in [4.78, 5) is 33.7. The van der Waals surface area contributed by atoms with Crippen molar-refractivity contribution in [2.45, 2.75) is 259 Å². The highest BCUT2D eigenvalue weighted by atomic mass is 16.5. The van der Waals surface area contributed by atoms with Crippen LogP contribution in [-0.4, -0.2) is 99.3 Å². The molecule has 0 N–H and O–H groups in total. The van der Waals surface area contributed by atoms with E-state index in [9.17, 15) is 9.59 Å². The zero-order valence-corrected chi connectivity index (χ0v) is 42.7. The minimum absolute atomic E-state index is 0.0287. The first-order chi connectivity index (χ1) is 30.4. The average Bonchev–Trinajstić information content (AvgIpc) is 3.27. The SMILES string of the molecule is CCCCCCCCCCC(CCCCCCCC)COC(=O)CCCN(CCCC(=O)OCC(CCCCCCCC)CCCCCCCCCC)CCN1CCN(C)CC1. The van der Waals surface area contributed by atoms with Crippen LogP contribution in [-0.2, 0) is 19.1 Å². The molecule has 368 valence electrons. The van der Waals surface area contributed by atoms with Gasteiger partial charge in [0, 0.05) is 52.1 Å². The Kier molecular flexibility index (Phi) is 42.7. The van der Waals surface area contributed by atoms with Crippen LogP contribution in [0.3, 0.4) is 0 Å². The zero-order chi connectivity index (χ0) is 45.0. The van der Waals surface area contributed by atoms with Gasteiger partial charge in [-0.15, -0.1) is 0 Å². The summed E-state index contributed by atoms with van der Waals surface area (Å²) in [7, 11) is 2.21. The second-order valence-corrected chi connectivity index (χ2v) is 19.9. The normalized spacial score (nSPS) is 14.7. The van der Waals surface area contributed by atoms with E-state index in [2.05, 4.69) is 49.4 Å². The van der Waals surface area contributed by atoms with Gasteiger partial charge in [-0.3, -0.25) is 14.5 Å². The van der Waals surface area contributed by atoms with Crippen LogP contribution in [0.1, 0.15) is 259 Å². The number of esters is 2. The minimum atomic E-state index is -0.0287. The molecule has 1 aliphatic heterocycles. The molecule has 0 aromatic carbocycles. The monoisotopic (exact) mass is 876 g/mol. The molecule has 2 unspecified atom stereocenters. The van der Waals surface area contributed by atoms with E-state index in [1.807, 2.05) is 0 Å². The largest absolute Gasteiger partial charge is 0.465 e. The van der Waals surface area contributed by atoms with Crippen molar-refractivity contribution in [2.24, 2.45) is 11.8 Å². The Morgan fingerprint density at radius 2 is 0.726 bits per heavy atom. The van der Waals surface area contributed by atoms with Crippen LogP contribution in [0.15, 0.2) is 0 Å². The van der Waals surface area contributed by atoms with Crippen molar-refractivity contribution in [3.05, 3.63) is 0 Å². The van der Waals surface area contributed by atoms with Gasteiger partial charge in [0.1, 0.15) is 0 Å². The molecule has 1 heterocycles. The highest BCUT2D eigenvalue weighted by molar-refractivity contribution is 5.69. The van der Waals surface area contributed by atoms with Gasteiger partial charge in [-0.2, -0.15) is 0 Å². The van der Waals surface area contributed by atoms with Crippen molar-refractivity contribution in [2.75, 3.05) is 72.6 Å². The molecule has 0 amide bonds. The summed E-state index contributed by atoms with van der Waals surface area (Å²) in [5, 5.41) is 0. The van der Waals surface area contributed by atoms with E-state index in [1.54, 1.807) is 0 Å². The molecule has 1 fully saturated rings. The van der Waals surface area contributed by atoms with E-state index in [0.717, 1.165) is 65.2 Å². The number of hydrogen-bond donors (Lipinski definition) is 0. The maximum Gasteiger partial charge on any atom is 0.305 e. The van der Waals surface area contributed by atoms with Gasteiger partial charge in [-0.1, -0.05) is 207 Å². The lowest BCUT2D eigenvalue weighted by Gasteiger charge is -2.34. The summed E-state index contributed by atoms with van der Waals surface area (Å²) in [6.07, 6.45) is 44.6. The lowest BCUT2D eigenvalue weighted by atomic mass is 9.94. The van der Waals surface area contributed by atoms with Gasteiger partial charge in [-0.05, 0) is 70.5 Å². The number of carbonyl (C=O) groups is 2. The van der Waals surface area contributed by atoms with Crippen LogP contribution < -0.4 is 0 Å². The fourth-order valence-electron chi connectivity index (χ4n) is 9.33. The van der Waals surface area contributed by atoms with Crippen LogP contribution in [0.5, 0.6) is 0 Å². The molecular weight excluding hydrogens is 767 g/mol. The second kappa shape index (κ2) is 45.0. The van der Waals surface area contributed by atoms with E-state index in [-0.39, 0.29) is 11.9 Å². The Morgan fingerprint density at radius 1 is 0.419 bits per heavy atom. The molecule has 1 aliphatic rings. The van der Waals surface area contributed by atoms with Gasteiger partial charge in [0.2, 0.25) is 0 Å². The van der Waals surface area contributed by atoms with Gasteiger partial charge >= 0.3 is 11.9 Å². The van der Waals surface area contributed by atoms with Crippen molar-refractivity contribution >= 4 is 11.9 Å². The summed E-state index contributed by atoms with van der Waals surface area (Å²) < 4.78 is 12.0. The maximum atomic E-state index is 13.1. The van der Waals surface area contributed by atoms with Gasteiger partial charge in [0.15, 0.2) is 0 Å².